The van der Waals surface area contributed by atoms with Gasteiger partial charge < -0.3 is 5.32 Å². The van der Waals surface area contributed by atoms with Gasteiger partial charge in [-0.05, 0) is 93.4 Å². The van der Waals surface area contributed by atoms with Crippen molar-refractivity contribution in [2.24, 2.45) is 5.92 Å². The number of aryl methyl sites for hydroxylation is 2. The van der Waals surface area contributed by atoms with Crippen molar-refractivity contribution < 1.29 is 8.78 Å². The minimum atomic E-state index is -0.180. The zero-order valence-electron chi connectivity index (χ0n) is 14.4. The molecule has 0 saturated heterocycles. The lowest BCUT2D eigenvalue weighted by atomic mass is 9.89. The highest BCUT2D eigenvalue weighted by Gasteiger charge is 2.10. The minimum Gasteiger partial charge on any atom is -0.320 e. The van der Waals surface area contributed by atoms with Crippen LogP contribution in [0.1, 0.15) is 36.8 Å². The Morgan fingerprint density at radius 2 is 1.21 bits per heavy atom. The van der Waals surface area contributed by atoms with Gasteiger partial charge in [0.15, 0.2) is 0 Å². The van der Waals surface area contributed by atoms with Gasteiger partial charge in [0.25, 0.3) is 0 Å². The van der Waals surface area contributed by atoms with E-state index >= 15 is 0 Å². The van der Waals surface area contributed by atoms with E-state index < -0.39 is 0 Å². The summed E-state index contributed by atoms with van der Waals surface area (Å²) in [5, 5.41) is 3.20. The van der Waals surface area contributed by atoms with Crippen LogP contribution in [0.4, 0.5) is 8.78 Å². The van der Waals surface area contributed by atoms with E-state index in [1.54, 1.807) is 0 Å². The largest absolute Gasteiger partial charge is 0.320 e. The van der Waals surface area contributed by atoms with Crippen LogP contribution >= 0.6 is 0 Å². The first-order valence-corrected chi connectivity index (χ1v) is 8.81. The lowest BCUT2D eigenvalue weighted by Gasteiger charge is -2.17. The number of benzene rings is 2. The molecule has 0 unspecified atom stereocenters. The summed E-state index contributed by atoms with van der Waals surface area (Å²) in [7, 11) is 1.98. The summed E-state index contributed by atoms with van der Waals surface area (Å²) in [5.41, 5.74) is 2.38. The molecular weight excluding hydrogens is 304 g/mol. The van der Waals surface area contributed by atoms with Gasteiger partial charge in [-0.1, -0.05) is 24.3 Å². The molecule has 130 valence electrons. The SMILES string of the molecule is CNCCCC(CCc1ccc(F)cc1)CCc1ccc(F)cc1. The van der Waals surface area contributed by atoms with Crippen molar-refractivity contribution in [1.29, 1.82) is 0 Å². The van der Waals surface area contributed by atoms with E-state index in [-0.39, 0.29) is 11.6 Å². The molecule has 0 aromatic heterocycles. The van der Waals surface area contributed by atoms with Crippen LogP contribution in [0.5, 0.6) is 0 Å². The molecule has 0 atom stereocenters. The van der Waals surface area contributed by atoms with Crippen molar-refractivity contribution in [1.82, 2.24) is 5.32 Å². The standard InChI is InChI=1S/C21H27F2N/c1-24-16-2-3-17(4-6-18-8-12-20(22)13-9-18)5-7-19-10-14-21(23)15-11-19/h8-15,17,24H,2-7,16H2,1H3. The van der Waals surface area contributed by atoms with Gasteiger partial charge in [0.2, 0.25) is 0 Å². The van der Waals surface area contributed by atoms with Crippen LogP contribution in [0.15, 0.2) is 48.5 Å². The Kier molecular flexibility index (Phi) is 7.90. The number of hydrogen-bond donors (Lipinski definition) is 1. The fraction of sp³-hybridized carbons (Fsp3) is 0.429. The molecule has 0 aliphatic rings. The van der Waals surface area contributed by atoms with Crippen LogP contribution < -0.4 is 5.32 Å². The average Bonchev–Trinajstić information content (AvgIpc) is 2.60. The van der Waals surface area contributed by atoms with Crippen molar-refractivity contribution >= 4 is 0 Å². The molecule has 0 saturated carbocycles. The van der Waals surface area contributed by atoms with Crippen LogP contribution in [0.25, 0.3) is 0 Å². The van der Waals surface area contributed by atoms with Gasteiger partial charge >= 0.3 is 0 Å². The molecule has 2 rings (SSSR count). The zero-order valence-corrected chi connectivity index (χ0v) is 14.4. The molecule has 1 nitrogen and oxygen atoms in total. The third-order valence-electron chi connectivity index (χ3n) is 4.55. The maximum Gasteiger partial charge on any atom is 0.123 e. The summed E-state index contributed by atoms with van der Waals surface area (Å²) >= 11 is 0. The number of halogens is 2. The summed E-state index contributed by atoms with van der Waals surface area (Å²) in [4.78, 5) is 0. The maximum atomic E-state index is 13.0. The van der Waals surface area contributed by atoms with Gasteiger partial charge in [-0.3, -0.25) is 0 Å². The van der Waals surface area contributed by atoms with E-state index in [4.69, 9.17) is 0 Å². The Labute approximate surface area is 144 Å². The van der Waals surface area contributed by atoms with Gasteiger partial charge in [0.05, 0.1) is 0 Å². The van der Waals surface area contributed by atoms with Gasteiger partial charge in [0.1, 0.15) is 11.6 Å². The van der Waals surface area contributed by atoms with E-state index in [2.05, 4.69) is 5.32 Å². The van der Waals surface area contributed by atoms with Gasteiger partial charge in [0, 0.05) is 0 Å². The predicted molar refractivity (Wildman–Crippen MR) is 96.1 cm³/mol. The summed E-state index contributed by atoms with van der Waals surface area (Å²) in [6, 6.07) is 13.6. The van der Waals surface area contributed by atoms with Crippen LogP contribution in [-0.4, -0.2) is 13.6 Å². The van der Waals surface area contributed by atoms with E-state index in [0.717, 1.165) is 38.6 Å². The Morgan fingerprint density at radius 3 is 1.62 bits per heavy atom. The molecule has 0 bridgehead atoms. The van der Waals surface area contributed by atoms with Gasteiger partial charge in [-0.2, -0.15) is 0 Å². The smallest absolute Gasteiger partial charge is 0.123 e. The summed E-state index contributed by atoms with van der Waals surface area (Å²) in [6.07, 6.45) is 6.52. The molecule has 2 aromatic carbocycles. The van der Waals surface area contributed by atoms with Crippen LogP contribution in [0.3, 0.4) is 0 Å². The van der Waals surface area contributed by atoms with Gasteiger partial charge in [-0.25, -0.2) is 8.78 Å². The Balaban J connectivity index is 1.85. The Hall–Kier alpha value is -1.74. The molecule has 1 N–H and O–H groups in total. The molecule has 24 heavy (non-hydrogen) atoms. The van der Waals surface area contributed by atoms with E-state index in [9.17, 15) is 8.78 Å². The third kappa shape index (κ3) is 6.79. The predicted octanol–water partition coefficient (Wildman–Crippen LogP) is 5.15. The second kappa shape index (κ2) is 10.2. The molecule has 0 fully saturated rings. The van der Waals surface area contributed by atoms with Crippen molar-refractivity contribution in [2.45, 2.75) is 38.5 Å². The summed E-state index contributed by atoms with van der Waals surface area (Å²) in [5.74, 6) is 0.273. The van der Waals surface area contributed by atoms with Crippen LogP contribution in [0, 0.1) is 17.6 Å². The van der Waals surface area contributed by atoms with E-state index in [1.807, 2.05) is 31.3 Å². The Bertz CT molecular complexity index is 528. The molecule has 0 amide bonds. The lowest BCUT2D eigenvalue weighted by molar-refractivity contribution is 0.405. The van der Waals surface area contributed by atoms with Crippen LogP contribution in [0.2, 0.25) is 0 Å². The zero-order chi connectivity index (χ0) is 17.2. The quantitative estimate of drug-likeness (QED) is 0.594. The number of nitrogens with one attached hydrogen (secondary N) is 1. The van der Waals surface area contributed by atoms with Crippen molar-refractivity contribution in [3.05, 3.63) is 71.3 Å². The monoisotopic (exact) mass is 331 g/mol. The van der Waals surface area contributed by atoms with E-state index in [0.29, 0.717) is 5.92 Å². The van der Waals surface area contributed by atoms with Crippen molar-refractivity contribution in [2.75, 3.05) is 13.6 Å². The highest BCUT2D eigenvalue weighted by molar-refractivity contribution is 5.17. The fourth-order valence-corrected chi connectivity index (χ4v) is 3.04. The normalized spacial score (nSPS) is 11.2. The highest BCUT2D eigenvalue weighted by Crippen LogP contribution is 2.21. The topological polar surface area (TPSA) is 12.0 Å². The maximum absolute atomic E-state index is 13.0. The second-order valence-corrected chi connectivity index (χ2v) is 6.44. The minimum absolute atomic E-state index is 0.180. The highest BCUT2D eigenvalue weighted by atomic mass is 19.1. The Morgan fingerprint density at radius 1 is 0.750 bits per heavy atom. The average molecular weight is 331 g/mol. The molecule has 2 aromatic rings. The molecular formula is C21H27F2N. The van der Waals surface area contributed by atoms with E-state index in [1.165, 1.54) is 41.8 Å². The lowest BCUT2D eigenvalue weighted by Crippen LogP contribution is -2.11. The number of rotatable bonds is 10. The molecule has 0 radical (unpaired) electrons. The first-order valence-electron chi connectivity index (χ1n) is 8.81. The molecule has 3 heteroatoms. The van der Waals surface area contributed by atoms with Gasteiger partial charge in [-0.15, -0.1) is 0 Å². The number of hydrogen-bond acceptors (Lipinski definition) is 1. The molecule has 0 spiro atoms. The summed E-state index contributed by atoms with van der Waals surface area (Å²) in [6.45, 7) is 1.03. The second-order valence-electron chi connectivity index (χ2n) is 6.44. The first-order chi connectivity index (χ1) is 11.7. The molecule has 0 aliphatic heterocycles. The van der Waals surface area contributed by atoms with Crippen molar-refractivity contribution in [3.63, 3.8) is 0 Å². The fourth-order valence-electron chi connectivity index (χ4n) is 3.04. The van der Waals surface area contributed by atoms with Crippen molar-refractivity contribution in [3.8, 4) is 0 Å². The third-order valence-corrected chi connectivity index (χ3v) is 4.55. The van der Waals surface area contributed by atoms with Crippen LogP contribution in [-0.2, 0) is 12.8 Å². The molecule has 0 aliphatic carbocycles. The molecule has 0 heterocycles. The first kappa shape index (κ1) is 18.6. The summed E-state index contributed by atoms with van der Waals surface area (Å²) < 4.78 is 26.0.